The second-order valence-corrected chi connectivity index (χ2v) is 8.73. The van der Waals surface area contributed by atoms with Crippen LogP contribution in [0.25, 0.3) is 21.4 Å². The van der Waals surface area contributed by atoms with Crippen molar-refractivity contribution in [3.63, 3.8) is 0 Å². The van der Waals surface area contributed by atoms with Gasteiger partial charge in [0.25, 0.3) is 11.1 Å². The number of aromatic nitrogens is 6. The number of imidazole rings is 1. The fourth-order valence-electron chi connectivity index (χ4n) is 3.43. The molecule has 0 aromatic carbocycles. The molecule has 0 fully saturated rings. The number of unbranched alkanes of at least 4 members (excludes halogenated alkanes) is 1. The van der Waals surface area contributed by atoms with Crippen molar-refractivity contribution in [3.05, 3.63) is 48.5 Å². The third-order valence-corrected chi connectivity index (χ3v) is 6.84. The van der Waals surface area contributed by atoms with E-state index in [2.05, 4.69) is 15.0 Å². The number of aryl methyl sites for hydroxylation is 2. The number of H-pyrrole nitrogens is 1. The lowest BCUT2D eigenvalue weighted by atomic mass is 10.3. The molecule has 0 aliphatic rings. The number of aromatic amines is 1. The predicted molar refractivity (Wildman–Crippen MR) is 120 cm³/mol. The summed E-state index contributed by atoms with van der Waals surface area (Å²) in [5.41, 5.74) is -0.144. The predicted octanol–water partition coefficient (Wildman–Crippen LogP) is 2.31. The number of thiophene rings is 1. The lowest BCUT2D eigenvalue weighted by Gasteiger charge is -2.08. The standard InChI is InChI=1S/C19H22N6O3S2/c1-4-6-8-25-14-13(15(26)21-18(25)28)24(5-2)12(20-14)10-30-19-22-16-11(7-9-29-16)17(27)23(19)3/h7,9H,4-6,8,10H2,1-3H3,(H,21,26,28). The van der Waals surface area contributed by atoms with Gasteiger partial charge >= 0.3 is 5.69 Å². The van der Waals surface area contributed by atoms with Gasteiger partial charge in [-0.2, -0.15) is 0 Å². The van der Waals surface area contributed by atoms with Gasteiger partial charge in [0.05, 0.1) is 11.1 Å². The van der Waals surface area contributed by atoms with Crippen LogP contribution < -0.4 is 16.8 Å². The van der Waals surface area contributed by atoms with E-state index in [-0.39, 0.29) is 5.56 Å². The maximum absolute atomic E-state index is 12.5. The minimum atomic E-state index is -0.437. The van der Waals surface area contributed by atoms with Crippen molar-refractivity contribution in [1.82, 2.24) is 28.7 Å². The van der Waals surface area contributed by atoms with Gasteiger partial charge in [-0.1, -0.05) is 25.1 Å². The van der Waals surface area contributed by atoms with E-state index in [1.54, 1.807) is 13.1 Å². The Morgan fingerprint density at radius 3 is 2.70 bits per heavy atom. The van der Waals surface area contributed by atoms with Crippen molar-refractivity contribution in [2.24, 2.45) is 7.05 Å². The first-order chi connectivity index (χ1) is 14.5. The number of thioether (sulfide) groups is 1. The molecule has 4 heterocycles. The Balaban J connectivity index is 1.77. The summed E-state index contributed by atoms with van der Waals surface area (Å²) < 4.78 is 4.89. The molecular formula is C19H22N6O3S2. The van der Waals surface area contributed by atoms with Crippen molar-refractivity contribution in [3.8, 4) is 0 Å². The van der Waals surface area contributed by atoms with E-state index < -0.39 is 11.2 Å². The molecule has 0 saturated heterocycles. The van der Waals surface area contributed by atoms with Crippen LogP contribution >= 0.6 is 23.1 Å². The van der Waals surface area contributed by atoms with Crippen molar-refractivity contribution < 1.29 is 0 Å². The molecule has 0 unspecified atom stereocenters. The average Bonchev–Trinajstić information content (AvgIpc) is 3.34. The minimum absolute atomic E-state index is 0.0856. The van der Waals surface area contributed by atoms with Crippen molar-refractivity contribution in [2.45, 2.75) is 50.7 Å². The van der Waals surface area contributed by atoms with Gasteiger partial charge in [0, 0.05) is 20.1 Å². The summed E-state index contributed by atoms with van der Waals surface area (Å²) in [6.07, 6.45) is 1.74. The summed E-state index contributed by atoms with van der Waals surface area (Å²) in [6.45, 7) is 5.02. The summed E-state index contributed by atoms with van der Waals surface area (Å²) >= 11 is 2.82. The van der Waals surface area contributed by atoms with Crippen LogP contribution in [0.5, 0.6) is 0 Å². The van der Waals surface area contributed by atoms with Crippen LogP contribution in [0, 0.1) is 0 Å². The zero-order valence-corrected chi connectivity index (χ0v) is 18.6. The molecule has 4 aromatic heterocycles. The molecule has 1 N–H and O–H groups in total. The minimum Gasteiger partial charge on any atom is -0.322 e. The quantitative estimate of drug-likeness (QED) is 0.345. The first-order valence-electron chi connectivity index (χ1n) is 9.75. The molecule has 0 aliphatic heterocycles. The van der Waals surface area contributed by atoms with Gasteiger partial charge in [-0.25, -0.2) is 14.8 Å². The van der Waals surface area contributed by atoms with Gasteiger partial charge in [0.1, 0.15) is 10.7 Å². The smallest absolute Gasteiger partial charge is 0.322 e. The van der Waals surface area contributed by atoms with Crippen LogP contribution in [-0.2, 0) is 25.9 Å². The molecule has 30 heavy (non-hydrogen) atoms. The monoisotopic (exact) mass is 446 g/mol. The molecule has 0 amide bonds. The molecule has 0 bridgehead atoms. The number of hydrogen-bond acceptors (Lipinski definition) is 7. The Labute approximate surface area is 179 Å². The first-order valence-corrected chi connectivity index (χ1v) is 11.6. The molecular weight excluding hydrogens is 424 g/mol. The lowest BCUT2D eigenvalue weighted by Crippen LogP contribution is -2.31. The SMILES string of the molecule is CCCCn1c(=O)[nH]c(=O)c2c1nc(CSc1nc3sccc3c(=O)n1C)n2CC. The second-order valence-electron chi connectivity index (χ2n) is 6.90. The number of nitrogens with one attached hydrogen (secondary N) is 1. The first kappa shape index (κ1) is 20.6. The Bertz CT molecular complexity index is 1410. The number of nitrogens with zero attached hydrogens (tertiary/aromatic N) is 5. The third-order valence-electron chi connectivity index (χ3n) is 5.01. The molecule has 0 atom stereocenters. The molecule has 4 rings (SSSR count). The van der Waals surface area contributed by atoms with Gasteiger partial charge in [-0.05, 0) is 24.8 Å². The van der Waals surface area contributed by atoms with Crippen molar-refractivity contribution >= 4 is 44.5 Å². The van der Waals surface area contributed by atoms with Crippen LogP contribution in [0.2, 0.25) is 0 Å². The van der Waals surface area contributed by atoms with E-state index in [0.717, 1.165) is 12.8 Å². The van der Waals surface area contributed by atoms with Gasteiger partial charge in [0.15, 0.2) is 16.3 Å². The van der Waals surface area contributed by atoms with Crippen LogP contribution in [0.4, 0.5) is 0 Å². The molecule has 11 heteroatoms. The Morgan fingerprint density at radius 1 is 1.17 bits per heavy atom. The Morgan fingerprint density at radius 2 is 1.97 bits per heavy atom. The topological polar surface area (TPSA) is 108 Å². The van der Waals surface area contributed by atoms with Crippen LogP contribution in [0.15, 0.2) is 31.0 Å². The zero-order chi connectivity index (χ0) is 21.4. The van der Waals surface area contributed by atoms with Crippen LogP contribution in [-0.4, -0.2) is 28.7 Å². The van der Waals surface area contributed by atoms with Crippen LogP contribution in [0.1, 0.15) is 32.5 Å². The summed E-state index contributed by atoms with van der Waals surface area (Å²) in [4.78, 5) is 49.7. The molecule has 0 radical (unpaired) electrons. The number of fused-ring (bicyclic) bond motifs is 2. The number of rotatable bonds is 7. The molecule has 0 aliphatic carbocycles. The highest BCUT2D eigenvalue weighted by molar-refractivity contribution is 7.98. The highest BCUT2D eigenvalue weighted by Gasteiger charge is 2.19. The van der Waals surface area contributed by atoms with Gasteiger partial charge in [-0.3, -0.25) is 23.7 Å². The molecule has 0 saturated carbocycles. The van der Waals surface area contributed by atoms with E-state index in [9.17, 15) is 14.4 Å². The maximum atomic E-state index is 12.5. The molecule has 0 spiro atoms. The van der Waals surface area contributed by atoms with E-state index in [0.29, 0.717) is 51.2 Å². The molecule has 9 nitrogen and oxygen atoms in total. The van der Waals surface area contributed by atoms with Crippen molar-refractivity contribution in [2.75, 3.05) is 0 Å². The fourth-order valence-corrected chi connectivity index (χ4v) is 5.15. The summed E-state index contributed by atoms with van der Waals surface area (Å²) in [6, 6.07) is 1.78. The zero-order valence-electron chi connectivity index (χ0n) is 17.0. The van der Waals surface area contributed by atoms with E-state index in [1.807, 2.05) is 23.8 Å². The fraction of sp³-hybridized carbons (Fsp3) is 0.421. The average molecular weight is 447 g/mol. The lowest BCUT2D eigenvalue weighted by molar-refractivity contribution is 0.613. The van der Waals surface area contributed by atoms with Crippen LogP contribution in [0.3, 0.4) is 0 Å². The third kappa shape index (κ3) is 3.41. The van der Waals surface area contributed by atoms with Crippen molar-refractivity contribution in [1.29, 1.82) is 0 Å². The second kappa shape index (κ2) is 8.23. The molecule has 4 aromatic rings. The number of hydrogen-bond donors (Lipinski definition) is 1. The van der Waals surface area contributed by atoms with Gasteiger partial charge in [0.2, 0.25) is 0 Å². The maximum Gasteiger partial charge on any atom is 0.330 e. The normalized spacial score (nSPS) is 11.7. The highest BCUT2D eigenvalue weighted by Crippen LogP contribution is 2.24. The van der Waals surface area contributed by atoms with Gasteiger partial charge < -0.3 is 4.57 Å². The Hall–Kier alpha value is -2.66. The van der Waals surface area contributed by atoms with E-state index in [4.69, 9.17) is 0 Å². The summed E-state index contributed by atoms with van der Waals surface area (Å²) in [5, 5.41) is 3.05. The van der Waals surface area contributed by atoms with Gasteiger partial charge in [-0.15, -0.1) is 11.3 Å². The van der Waals surface area contributed by atoms with E-state index >= 15 is 0 Å². The molecule has 158 valence electrons. The Kier molecular flexibility index (Phi) is 5.65. The summed E-state index contributed by atoms with van der Waals surface area (Å²) in [7, 11) is 1.70. The van der Waals surface area contributed by atoms with E-state index in [1.165, 1.54) is 32.2 Å². The highest BCUT2D eigenvalue weighted by atomic mass is 32.2. The summed E-state index contributed by atoms with van der Waals surface area (Å²) in [5.74, 6) is 1.08. The largest absolute Gasteiger partial charge is 0.330 e.